The third kappa shape index (κ3) is 4.07. The highest BCUT2D eigenvalue weighted by Gasteiger charge is 2.26. The Hall–Kier alpha value is -2.96. The van der Waals surface area contributed by atoms with E-state index in [1.54, 1.807) is 22.8 Å². The summed E-state index contributed by atoms with van der Waals surface area (Å²) in [4.78, 5) is 37.2. The maximum absolute atomic E-state index is 13.0. The molecule has 1 saturated carbocycles. The molecule has 1 saturated heterocycles. The van der Waals surface area contributed by atoms with Crippen LogP contribution in [0.2, 0.25) is 0 Å². The maximum Gasteiger partial charge on any atom is 0.272 e. The van der Waals surface area contributed by atoms with Gasteiger partial charge in [-0.25, -0.2) is 9.97 Å². The van der Waals surface area contributed by atoms with Crippen LogP contribution in [0, 0.1) is 0 Å². The molecule has 0 atom stereocenters. The Bertz CT molecular complexity index is 843. The number of nitrogens with zero attached hydrogens (tertiary/aromatic N) is 4. The molecule has 0 radical (unpaired) electrons. The van der Waals surface area contributed by atoms with E-state index in [1.807, 2.05) is 30.3 Å². The van der Waals surface area contributed by atoms with Gasteiger partial charge in [0.2, 0.25) is 5.91 Å². The molecule has 1 aromatic heterocycles. The van der Waals surface area contributed by atoms with Gasteiger partial charge < -0.3 is 15.1 Å². The summed E-state index contributed by atoms with van der Waals surface area (Å²) in [6, 6.07) is 11.9. The zero-order chi connectivity index (χ0) is 18.8. The molecule has 7 nitrogen and oxygen atoms in total. The predicted octanol–water partition coefficient (Wildman–Crippen LogP) is 2.02. The van der Waals surface area contributed by atoms with Crippen LogP contribution in [0.1, 0.15) is 30.3 Å². The summed E-state index contributed by atoms with van der Waals surface area (Å²) < 4.78 is 0. The number of hydrogen-bond acceptors (Lipinski definition) is 5. The summed E-state index contributed by atoms with van der Waals surface area (Å²) in [5, 5.41) is 3.37. The summed E-state index contributed by atoms with van der Waals surface area (Å²) in [7, 11) is 0. The van der Waals surface area contributed by atoms with Gasteiger partial charge in [-0.3, -0.25) is 9.59 Å². The van der Waals surface area contributed by atoms with E-state index >= 15 is 0 Å². The lowest BCUT2D eigenvalue weighted by molar-refractivity contribution is -0.130. The van der Waals surface area contributed by atoms with E-state index in [0.29, 0.717) is 49.6 Å². The highest BCUT2D eigenvalue weighted by molar-refractivity contribution is 5.93. The number of carbonyl (C=O) groups excluding carboxylic acids is 2. The van der Waals surface area contributed by atoms with Crippen molar-refractivity contribution in [2.45, 2.75) is 25.8 Å². The molecule has 2 aliphatic rings. The van der Waals surface area contributed by atoms with E-state index in [4.69, 9.17) is 0 Å². The second kappa shape index (κ2) is 7.34. The van der Waals surface area contributed by atoms with Crippen LogP contribution in [0.15, 0.2) is 36.4 Å². The average Bonchev–Trinajstić information content (AvgIpc) is 3.52. The van der Waals surface area contributed by atoms with E-state index in [9.17, 15) is 9.59 Å². The molecular weight excluding hydrogens is 342 g/mol. The fourth-order valence-corrected chi connectivity index (χ4v) is 3.17. The van der Waals surface area contributed by atoms with Crippen molar-refractivity contribution in [2.24, 2.45) is 0 Å². The summed E-state index contributed by atoms with van der Waals surface area (Å²) in [6.45, 7) is 3.72. The van der Waals surface area contributed by atoms with Crippen LogP contribution in [0.4, 0.5) is 5.82 Å². The first-order valence-corrected chi connectivity index (χ1v) is 9.36. The van der Waals surface area contributed by atoms with Crippen LogP contribution >= 0.6 is 0 Å². The second-order valence-corrected chi connectivity index (χ2v) is 7.04. The molecular formula is C20H23N5O2. The topological polar surface area (TPSA) is 78.4 Å². The van der Waals surface area contributed by atoms with E-state index < -0.39 is 0 Å². The molecule has 2 amide bonds. The van der Waals surface area contributed by atoms with Crippen LogP contribution < -0.4 is 5.32 Å². The number of carbonyl (C=O) groups is 2. The fraction of sp³-hybridized carbons (Fsp3) is 0.400. The Kier molecular flexibility index (Phi) is 4.75. The predicted molar refractivity (Wildman–Crippen MR) is 102 cm³/mol. The van der Waals surface area contributed by atoms with Crippen LogP contribution in [-0.2, 0) is 4.79 Å². The number of hydrogen-bond donors (Lipinski definition) is 1. The van der Waals surface area contributed by atoms with Crippen molar-refractivity contribution >= 4 is 17.6 Å². The van der Waals surface area contributed by atoms with Crippen LogP contribution in [0.25, 0.3) is 11.4 Å². The largest absolute Gasteiger partial charge is 0.367 e. The normalized spacial score (nSPS) is 16.9. The van der Waals surface area contributed by atoms with Gasteiger partial charge in [0.15, 0.2) is 5.82 Å². The van der Waals surface area contributed by atoms with Gasteiger partial charge in [-0.05, 0) is 12.8 Å². The Morgan fingerprint density at radius 2 is 1.67 bits per heavy atom. The quantitative estimate of drug-likeness (QED) is 0.897. The van der Waals surface area contributed by atoms with Crippen molar-refractivity contribution in [3.05, 3.63) is 42.1 Å². The van der Waals surface area contributed by atoms with Gasteiger partial charge in [0.05, 0.1) is 0 Å². The number of piperazine rings is 1. The molecule has 1 aliphatic carbocycles. The monoisotopic (exact) mass is 365 g/mol. The lowest BCUT2D eigenvalue weighted by atomic mass is 10.2. The average molecular weight is 365 g/mol. The summed E-state index contributed by atoms with van der Waals surface area (Å²) >= 11 is 0. The Labute approximate surface area is 158 Å². The SMILES string of the molecule is CC(=O)N1CCN(C(=O)c2cc(NC3CC3)nc(-c3ccccc3)n2)CC1. The van der Waals surface area contributed by atoms with E-state index in [1.165, 1.54) is 0 Å². The fourth-order valence-electron chi connectivity index (χ4n) is 3.17. The van der Waals surface area contributed by atoms with Gasteiger partial charge in [0, 0.05) is 50.8 Å². The molecule has 7 heteroatoms. The molecule has 0 unspecified atom stereocenters. The lowest BCUT2D eigenvalue weighted by Gasteiger charge is -2.34. The molecule has 4 rings (SSSR count). The third-order valence-corrected chi connectivity index (χ3v) is 4.92. The summed E-state index contributed by atoms with van der Waals surface area (Å²) in [6.07, 6.45) is 2.25. The van der Waals surface area contributed by atoms with Gasteiger partial charge in [0.25, 0.3) is 5.91 Å². The van der Waals surface area contributed by atoms with E-state index in [2.05, 4.69) is 15.3 Å². The minimum atomic E-state index is -0.114. The number of rotatable bonds is 4. The van der Waals surface area contributed by atoms with Gasteiger partial charge >= 0.3 is 0 Å². The molecule has 2 aromatic rings. The zero-order valence-electron chi connectivity index (χ0n) is 15.4. The molecule has 2 fully saturated rings. The Morgan fingerprint density at radius 1 is 1.00 bits per heavy atom. The highest BCUT2D eigenvalue weighted by atomic mass is 16.2. The van der Waals surface area contributed by atoms with Crippen LogP contribution in [0.3, 0.4) is 0 Å². The minimum absolute atomic E-state index is 0.0476. The van der Waals surface area contributed by atoms with Gasteiger partial charge in [-0.15, -0.1) is 0 Å². The van der Waals surface area contributed by atoms with Crippen molar-refractivity contribution in [3.63, 3.8) is 0 Å². The van der Waals surface area contributed by atoms with Crippen LogP contribution in [0.5, 0.6) is 0 Å². The standard InChI is InChI=1S/C20H23N5O2/c1-14(26)24-9-11-25(12-10-24)20(27)17-13-18(21-16-7-8-16)23-19(22-17)15-5-3-2-4-6-15/h2-6,13,16H,7-12H2,1H3,(H,21,22,23). The molecule has 1 aliphatic heterocycles. The third-order valence-electron chi connectivity index (χ3n) is 4.92. The molecule has 0 spiro atoms. The van der Waals surface area contributed by atoms with Crippen molar-refractivity contribution in [1.82, 2.24) is 19.8 Å². The van der Waals surface area contributed by atoms with Gasteiger partial charge in [-0.1, -0.05) is 30.3 Å². The molecule has 1 N–H and O–H groups in total. The maximum atomic E-state index is 13.0. The molecule has 1 aromatic carbocycles. The number of nitrogens with one attached hydrogen (secondary N) is 1. The zero-order valence-corrected chi connectivity index (χ0v) is 15.4. The van der Waals surface area contributed by atoms with Crippen LogP contribution in [-0.4, -0.2) is 63.8 Å². The summed E-state index contributed by atoms with van der Waals surface area (Å²) in [5.74, 6) is 1.17. The number of amides is 2. The smallest absolute Gasteiger partial charge is 0.272 e. The van der Waals surface area contributed by atoms with Gasteiger partial charge in [0.1, 0.15) is 11.5 Å². The highest BCUT2D eigenvalue weighted by Crippen LogP contribution is 2.26. The number of anilines is 1. The van der Waals surface area contributed by atoms with E-state index in [0.717, 1.165) is 18.4 Å². The van der Waals surface area contributed by atoms with E-state index in [-0.39, 0.29) is 11.8 Å². The number of benzene rings is 1. The molecule has 2 heterocycles. The van der Waals surface area contributed by atoms with Crippen molar-refractivity contribution in [2.75, 3.05) is 31.5 Å². The Morgan fingerprint density at radius 3 is 2.30 bits per heavy atom. The second-order valence-electron chi connectivity index (χ2n) is 7.04. The number of aromatic nitrogens is 2. The Balaban J connectivity index is 1.59. The van der Waals surface area contributed by atoms with Crippen molar-refractivity contribution in [1.29, 1.82) is 0 Å². The minimum Gasteiger partial charge on any atom is -0.367 e. The molecule has 27 heavy (non-hydrogen) atoms. The van der Waals surface area contributed by atoms with Crippen molar-refractivity contribution < 1.29 is 9.59 Å². The first-order valence-electron chi connectivity index (χ1n) is 9.36. The van der Waals surface area contributed by atoms with Gasteiger partial charge in [-0.2, -0.15) is 0 Å². The lowest BCUT2D eigenvalue weighted by Crippen LogP contribution is -2.50. The molecule has 140 valence electrons. The van der Waals surface area contributed by atoms with Crippen molar-refractivity contribution in [3.8, 4) is 11.4 Å². The molecule has 0 bridgehead atoms. The summed E-state index contributed by atoms with van der Waals surface area (Å²) in [5.41, 5.74) is 1.27. The first-order chi connectivity index (χ1) is 13.1. The first kappa shape index (κ1) is 17.5.